The van der Waals surface area contributed by atoms with Gasteiger partial charge in [-0.25, -0.2) is 9.97 Å². The maximum Gasteiger partial charge on any atom is 0.116 e. The third kappa shape index (κ3) is 1.92. The number of aromatic amines is 1. The second kappa shape index (κ2) is 4.17. The molecule has 0 aliphatic rings. The van der Waals surface area contributed by atoms with Crippen LogP contribution in [0.2, 0.25) is 0 Å². The van der Waals surface area contributed by atoms with Crippen LogP contribution in [0.5, 0.6) is 0 Å². The quantitative estimate of drug-likeness (QED) is 0.724. The van der Waals surface area contributed by atoms with Gasteiger partial charge in [0.05, 0.1) is 11.4 Å². The number of hydrogen-bond donors (Lipinski definition) is 1. The van der Waals surface area contributed by atoms with Crippen LogP contribution < -0.4 is 0 Å². The Hall–Kier alpha value is -2.49. The maximum atomic E-state index is 4.21. The van der Waals surface area contributed by atoms with Gasteiger partial charge in [-0.15, -0.1) is 0 Å². The van der Waals surface area contributed by atoms with Gasteiger partial charge in [0.25, 0.3) is 0 Å². The van der Waals surface area contributed by atoms with Gasteiger partial charge >= 0.3 is 0 Å². The van der Waals surface area contributed by atoms with Crippen molar-refractivity contribution < 1.29 is 0 Å². The first-order valence-corrected chi connectivity index (χ1v) is 5.30. The molecule has 4 heteroatoms. The summed E-state index contributed by atoms with van der Waals surface area (Å²) in [6.45, 7) is 0. The van der Waals surface area contributed by atoms with E-state index in [9.17, 15) is 0 Å². The molecule has 82 valence electrons. The molecule has 0 amide bonds. The molecule has 2 aromatic heterocycles. The van der Waals surface area contributed by atoms with Gasteiger partial charge in [-0.1, -0.05) is 24.3 Å². The van der Waals surface area contributed by atoms with E-state index in [0.29, 0.717) is 0 Å². The summed E-state index contributed by atoms with van der Waals surface area (Å²) in [5, 5.41) is 6.87. The van der Waals surface area contributed by atoms with Crippen molar-refractivity contribution >= 4 is 0 Å². The standard InChI is InChI=1S/C13H10N4/c1-3-11(13-6-8-16-17-13)4-2-10(1)12-5-7-14-9-15-12/h1-9H,(H,16,17). The summed E-state index contributed by atoms with van der Waals surface area (Å²) in [6.07, 6.45) is 5.04. The zero-order valence-corrected chi connectivity index (χ0v) is 9.04. The Kier molecular flexibility index (Phi) is 2.38. The summed E-state index contributed by atoms with van der Waals surface area (Å²) < 4.78 is 0. The summed E-state index contributed by atoms with van der Waals surface area (Å²) in [5.41, 5.74) is 4.13. The van der Waals surface area contributed by atoms with Crippen LogP contribution in [-0.4, -0.2) is 20.2 Å². The van der Waals surface area contributed by atoms with Crippen molar-refractivity contribution in [3.05, 3.63) is 55.1 Å². The van der Waals surface area contributed by atoms with Crippen molar-refractivity contribution in [2.75, 3.05) is 0 Å². The lowest BCUT2D eigenvalue weighted by Crippen LogP contribution is -1.84. The fraction of sp³-hybridized carbons (Fsp3) is 0. The Morgan fingerprint density at radius 3 is 2.29 bits per heavy atom. The summed E-state index contributed by atoms with van der Waals surface area (Å²) in [7, 11) is 0. The van der Waals surface area contributed by atoms with Gasteiger partial charge in [-0.2, -0.15) is 5.10 Å². The van der Waals surface area contributed by atoms with Crippen molar-refractivity contribution in [3.8, 4) is 22.5 Å². The van der Waals surface area contributed by atoms with Crippen LogP contribution in [-0.2, 0) is 0 Å². The zero-order valence-electron chi connectivity index (χ0n) is 9.04. The predicted molar refractivity (Wildman–Crippen MR) is 65.0 cm³/mol. The van der Waals surface area contributed by atoms with Gasteiger partial charge in [-0.3, -0.25) is 5.10 Å². The summed E-state index contributed by atoms with van der Waals surface area (Å²) >= 11 is 0. The minimum absolute atomic E-state index is 0.927. The highest BCUT2D eigenvalue weighted by atomic mass is 15.1. The second-order valence-electron chi connectivity index (χ2n) is 3.64. The lowest BCUT2D eigenvalue weighted by molar-refractivity contribution is 1.10. The van der Waals surface area contributed by atoms with Gasteiger partial charge in [0.1, 0.15) is 6.33 Å². The molecular weight excluding hydrogens is 212 g/mol. The first-order valence-electron chi connectivity index (χ1n) is 5.30. The highest BCUT2D eigenvalue weighted by Crippen LogP contribution is 2.21. The van der Waals surface area contributed by atoms with Crippen LogP contribution in [0, 0.1) is 0 Å². The molecule has 0 atom stereocenters. The van der Waals surface area contributed by atoms with E-state index in [1.54, 1.807) is 18.7 Å². The summed E-state index contributed by atoms with van der Waals surface area (Å²) in [5.74, 6) is 0. The number of H-pyrrole nitrogens is 1. The van der Waals surface area contributed by atoms with Crippen LogP contribution in [0.3, 0.4) is 0 Å². The number of nitrogens with one attached hydrogen (secondary N) is 1. The Morgan fingerprint density at radius 1 is 0.824 bits per heavy atom. The fourth-order valence-electron chi connectivity index (χ4n) is 1.70. The largest absolute Gasteiger partial charge is 0.278 e. The molecule has 1 N–H and O–H groups in total. The van der Waals surface area contributed by atoms with Gasteiger partial charge in [0.2, 0.25) is 0 Å². The molecule has 0 aliphatic carbocycles. The Balaban J connectivity index is 1.96. The molecule has 0 saturated carbocycles. The summed E-state index contributed by atoms with van der Waals surface area (Å²) in [6, 6.07) is 12.0. The molecule has 17 heavy (non-hydrogen) atoms. The van der Waals surface area contributed by atoms with E-state index in [2.05, 4.69) is 20.2 Å². The van der Waals surface area contributed by atoms with E-state index in [0.717, 1.165) is 22.5 Å². The molecule has 0 saturated heterocycles. The van der Waals surface area contributed by atoms with Crippen LogP contribution in [0.25, 0.3) is 22.5 Å². The highest BCUT2D eigenvalue weighted by Gasteiger charge is 2.01. The van der Waals surface area contributed by atoms with Crippen LogP contribution in [0.4, 0.5) is 0 Å². The SMILES string of the molecule is c1cc(-c2ccc(-c3ccn[nH]3)cc2)ncn1. The molecule has 3 rings (SSSR count). The van der Waals surface area contributed by atoms with E-state index in [-0.39, 0.29) is 0 Å². The van der Waals surface area contributed by atoms with Crippen molar-refractivity contribution in [2.45, 2.75) is 0 Å². The first-order chi connectivity index (χ1) is 8.43. The van der Waals surface area contributed by atoms with Crippen molar-refractivity contribution in [2.24, 2.45) is 0 Å². The lowest BCUT2D eigenvalue weighted by atomic mass is 10.1. The van der Waals surface area contributed by atoms with Crippen LogP contribution in [0.1, 0.15) is 0 Å². The number of nitrogens with zero attached hydrogens (tertiary/aromatic N) is 3. The molecule has 0 spiro atoms. The van der Waals surface area contributed by atoms with E-state index >= 15 is 0 Å². The van der Waals surface area contributed by atoms with Crippen molar-refractivity contribution in [1.82, 2.24) is 20.2 Å². The molecule has 0 fully saturated rings. The van der Waals surface area contributed by atoms with Crippen molar-refractivity contribution in [1.29, 1.82) is 0 Å². The van der Waals surface area contributed by atoms with Gasteiger partial charge in [0, 0.05) is 18.0 Å². The summed E-state index contributed by atoms with van der Waals surface area (Å²) in [4.78, 5) is 8.11. The number of rotatable bonds is 2. The minimum atomic E-state index is 0.927. The normalized spacial score (nSPS) is 10.4. The molecule has 4 nitrogen and oxygen atoms in total. The number of aromatic nitrogens is 4. The Bertz CT molecular complexity index is 585. The van der Waals surface area contributed by atoms with E-state index < -0.39 is 0 Å². The second-order valence-corrected chi connectivity index (χ2v) is 3.64. The van der Waals surface area contributed by atoms with Gasteiger partial charge in [-0.05, 0) is 17.7 Å². The molecule has 1 aromatic carbocycles. The molecule has 3 aromatic rings. The van der Waals surface area contributed by atoms with Gasteiger partial charge in [0.15, 0.2) is 0 Å². The number of benzene rings is 1. The van der Waals surface area contributed by atoms with Gasteiger partial charge < -0.3 is 0 Å². The topological polar surface area (TPSA) is 54.5 Å². The Labute approximate surface area is 98.4 Å². The maximum absolute atomic E-state index is 4.21. The van der Waals surface area contributed by atoms with Crippen LogP contribution >= 0.6 is 0 Å². The van der Waals surface area contributed by atoms with E-state index in [4.69, 9.17) is 0 Å². The highest BCUT2D eigenvalue weighted by molar-refractivity contribution is 5.66. The molecule has 0 radical (unpaired) electrons. The molecule has 0 unspecified atom stereocenters. The monoisotopic (exact) mass is 222 g/mol. The third-order valence-electron chi connectivity index (χ3n) is 2.57. The first kappa shape index (κ1) is 9.72. The molecule has 0 aliphatic heterocycles. The minimum Gasteiger partial charge on any atom is -0.278 e. The smallest absolute Gasteiger partial charge is 0.116 e. The van der Waals surface area contributed by atoms with E-state index in [1.807, 2.05) is 36.4 Å². The van der Waals surface area contributed by atoms with Crippen molar-refractivity contribution in [3.63, 3.8) is 0 Å². The average Bonchev–Trinajstić information content (AvgIpc) is 2.94. The molecule has 2 heterocycles. The Morgan fingerprint density at radius 2 is 1.65 bits per heavy atom. The predicted octanol–water partition coefficient (Wildman–Crippen LogP) is 2.53. The number of hydrogen-bond acceptors (Lipinski definition) is 3. The third-order valence-corrected chi connectivity index (χ3v) is 2.57. The van der Waals surface area contributed by atoms with E-state index in [1.165, 1.54) is 0 Å². The zero-order chi connectivity index (χ0) is 11.5. The average molecular weight is 222 g/mol. The fourth-order valence-corrected chi connectivity index (χ4v) is 1.70. The molecular formula is C13H10N4. The van der Waals surface area contributed by atoms with Crippen LogP contribution in [0.15, 0.2) is 55.1 Å². The lowest BCUT2D eigenvalue weighted by Gasteiger charge is -2.01. The molecule has 0 bridgehead atoms.